The second kappa shape index (κ2) is 6.02. The lowest BCUT2D eigenvalue weighted by atomic mass is 9.76. The van der Waals surface area contributed by atoms with Gasteiger partial charge < -0.3 is 19.9 Å². The summed E-state index contributed by atoms with van der Waals surface area (Å²) < 4.78 is 5.26. The maximum absolute atomic E-state index is 12.1. The maximum Gasteiger partial charge on any atom is 0.317 e. The number of nitrogens with one attached hydrogen (secondary N) is 2. The topological polar surface area (TPSA) is 46.0 Å². The highest BCUT2D eigenvalue weighted by atomic mass is 16.5. The Morgan fingerprint density at radius 3 is 2.90 bits per heavy atom. The molecule has 4 atom stereocenters. The molecule has 0 aromatic carbocycles. The van der Waals surface area contributed by atoms with E-state index in [0.29, 0.717) is 44.2 Å². The molecular formula is C15H24N3O2+. The van der Waals surface area contributed by atoms with E-state index in [9.17, 15) is 4.79 Å². The van der Waals surface area contributed by atoms with Gasteiger partial charge in [0.25, 0.3) is 0 Å². The number of terminal acetylenes is 1. The van der Waals surface area contributed by atoms with Crippen LogP contribution in [0.5, 0.6) is 0 Å². The van der Waals surface area contributed by atoms with Crippen LogP contribution in [0.1, 0.15) is 12.8 Å². The largest absolute Gasteiger partial charge is 0.378 e. The highest BCUT2D eigenvalue weighted by Crippen LogP contribution is 2.26. The second-order valence-electron chi connectivity index (χ2n) is 6.15. The molecule has 20 heavy (non-hydrogen) atoms. The number of amides is 2. The molecule has 4 rings (SSSR count). The fourth-order valence-corrected chi connectivity index (χ4v) is 3.82. The number of fused-ring (bicyclic) bond motifs is 3. The van der Waals surface area contributed by atoms with Crippen molar-refractivity contribution in [2.24, 2.45) is 11.8 Å². The molecule has 0 spiro atoms. The van der Waals surface area contributed by atoms with Gasteiger partial charge in [0, 0.05) is 25.9 Å². The van der Waals surface area contributed by atoms with Crippen LogP contribution < -0.4 is 10.2 Å². The van der Waals surface area contributed by atoms with Crippen LogP contribution in [0.2, 0.25) is 0 Å². The van der Waals surface area contributed by atoms with Crippen molar-refractivity contribution in [3.63, 3.8) is 0 Å². The Morgan fingerprint density at radius 1 is 1.45 bits per heavy atom. The second-order valence-corrected chi connectivity index (χ2v) is 6.15. The smallest absolute Gasteiger partial charge is 0.317 e. The van der Waals surface area contributed by atoms with Crippen LogP contribution in [0.15, 0.2) is 0 Å². The third-order valence-corrected chi connectivity index (χ3v) is 5.06. The lowest BCUT2D eigenvalue weighted by Gasteiger charge is -2.45. The fourth-order valence-electron chi connectivity index (χ4n) is 3.82. The number of morpholine rings is 1. The lowest BCUT2D eigenvalue weighted by molar-refractivity contribution is -0.943. The van der Waals surface area contributed by atoms with Gasteiger partial charge in [0.05, 0.1) is 38.8 Å². The van der Waals surface area contributed by atoms with Gasteiger partial charge in [0.15, 0.2) is 0 Å². The van der Waals surface area contributed by atoms with Crippen LogP contribution in [0.25, 0.3) is 0 Å². The summed E-state index contributed by atoms with van der Waals surface area (Å²) in [6.07, 6.45) is 8.01. The van der Waals surface area contributed by atoms with E-state index < -0.39 is 0 Å². The van der Waals surface area contributed by atoms with Crippen molar-refractivity contribution in [2.75, 3.05) is 45.9 Å². The van der Waals surface area contributed by atoms with Crippen molar-refractivity contribution in [3.05, 3.63) is 0 Å². The number of ether oxygens (including phenoxy) is 1. The standard InChI is InChI=1S/C15H23N3O2/c1-2-12-11-18-4-3-13(12)9-14(18)10-16-15(19)17-5-7-20-8-6-17/h1,12-14H,3-11H2,(H,16,19)/p+1/t12-,13-,14+/m0/s1. The summed E-state index contributed by atoms with van der Waals surface area (Å²) in [5.74, 6) is 4.06. The molecule has 4 aliphatic rings. The van der Waals surface area contributed by atoms with Gasteiger partial charge in [-0.25, -0.2) is 4.79 Å². The summed E-state index contributed by atoms with van der Waals surface area (Å²) in [7, 11) is 0. The molecular weight excluding hydrogens is 254 g/mol. The molecule has 110 valence electrons. The van der Waals surface area contributed by atoms with Crippen molar-refractivity contribution in [1.29, 1.82) is 0 Å². The Labute approximate surface area is 120 Å². The predicted molar refractivity (Wildman–Crippen MR) is 75.3 cm³/mol. The first kappa shape index (κ1) is 13.7. The Balaban J connectivity index is 1.47. The zero-order valence-corrected chi connectivity index (χ0v) is 11.9. The Hall–Kier alpha value is -1.25. The van der Waals surface area contributed by atoms with E-state index in [4.69, 9.17) is 11.2 Å². The molecule has 5 nitrogen and oxygen atoms in total. The summed E-state index contributed by atoms with van der Waals surface area (Å²) >= 11 is 0. The molecule has 1 unspecified atom stereocenters. The molecule has 0 aliphatic carbocycles. The van der Waals surface area contributed by atoms with Crippen LogP contribution in [-0.4, -0.2) is 62.9 Å². The normalized spacial score (nSPS) is 36.5. The van der Waals surface area contributed by atoms with Crippen molar-refractivity contribution in [2.45, 2.75) is 18.9 Å². The van der Waals surface area contributed by atoms with Gasteiger partial charge in [-0.15, -0.1) is 6.42 Å². The first-order chi connectivity index (χ1) is 9.78. The maximum atomic E-state index is 12.1. The first-order valence-corrected chi connectivity index (χ1v) is 7.69. The minimum absolute atomic E-state index is 0.0591. The zero-order valence-electron chi connectivity index (χ0n) is 11.9. The van der Waals surface area contributed by atoms with Crippen LogP contribution in [0, 0.1) is 24.2 Å². The van der Waals surface area contributed by atoms with E-state index in [2.05, 4.69) is 11.2 Å². The highest BCUT2D eigenvalue weighted by molar-refractivity contribution is 5.74. The molecule has 5 heteroatoms. The molecule has 0 aromatic rings. The average molecular weight is 278 g/mol. The molecule has 2 amide bonds. The summed E-state index contributed by atoms with van der Waals surface area (Å²) in [5.41, 5.74) is 0. The molecule has 4 saturated heterocycles. The fraction of sp³-hybridized carbons (Fsp3) is 0.800. The third kappa shape index (κ3) is 2.77. The lowest BCUT2D eigenvalue weighted by Crippen LogP contribution is -3.20. The third-order valence-electron chi connectivity index (χ3n) is 5.06. The van der Waals surface area contributed by atoms with E-state index in [1.807, 2.05) is 4.90 Å². The SMILES string of the molecule is C#C[C@H]1C[NH+]2CC[C@H]1C[C@@H]2CNC(=O)N1CCOCC1. The number of carbonyl (C=O) groups is 1. The highest BCUT2D eigenvalue weighted by Gasteiger charge is 2.42. The van der Waals surface area contributed by atoms with Crippen LogP contribution in [0.4, 0.5) is 4.79 Å². The van der Waals surface area contributed by atoms with Gasteiger partial charge in [0.2, 0.25) is 0 Å². The summed E-state index contributed by atoms with van der Waals surface area (Å²) in [4.78, 5) is 15.5. The monoisotopic (exact) mass is 278 g/mol. The van der Waals surface area contributed by atoms with Crippen LogP contribution in [-0.2, 0) is 4.74 Å². The summed E-state index contributed by atoms with van der Waals surface area (Å²) in [5, 5.41) is 3.10. The summed E-state index contributed by atoms with van der Waals surface area (Å²) in [6.45, 7) is 5.78. The van der Waals surface area contributed by atoms with Crippen LogP contribution >= 0.6 is 0 Å². The average Bonchev–Trinajstić information content (AvgIpc) is 2.53. The van der Waals surface area contributed by atoms with Gasteiger partial charge in [-0.2, -0.15) is 0 Å². The number of nitrogens with zero attached hydrogens (tertiary/aromatic N) is 1. The summed E-state index contributed by atoms with van der Waals surface area (Å²) in [6, 6.07) is 0.604. The number of hydrogen-bond donors (Lipinski definition) is 2. The quantitative estimate of drug-likeness (QED) is 0.634. The van der Waals surface area contributed by atoms with Crippen molar-refractivity contribution >= 4 is 6.03 Å². The Morgan fingerprint density at radius 2 is 2.25 bits per heavy atom. The number of hydrogen-bond acceptors (Lipinski definition) is 2. The zero-order chi connectivity index (χ0) is 13.9. The van der Waals surface area contributed by atoms with Crippen molar-refractivity contribution < 1.29 is 14.4 Å². The van der Waals surface area contributed by atoms with Gasteiger partial charge >= 0.3 is 6.03 Å². The van der Waals surface area contributed by atoms with E-state index in [0.717, 1.165) is 19.5 Å². The number of urea groups is 1. The van der Waals surface area contributed by atoms with Gasteiger partial charge in [0.1, 0.15) is 6.04 Å². The minimum atomic E-state index is 0.0591. The molecule has 2 N–H and O–H groups in total. The van der Waals surface area contributed by atoms with E-state index in [-0.39, 0.29) is 6.03 Å². The molecule has 4 aliphatic heterocycles. The predicted octanol–water partition coefficient (Wildman–Crippen LogP) is -1.05. The molecule has 4 heterocycles. The van der Waals surface area contributed by atoms with Gasteiger partial charge in [-0.05, 0) is 5.92 Å². The first-order valence-electron chi connectivity index (χ1n) is 7.69. The number of rotatable bonds is 2. The Bertz CT molecular complexity index is 400. The number of piperidine rings is 3. The van der Waals surface area contributed by atoms with Gasteiger partial charge in [-0.3, -0.25) is 0 Å². The molecule has 4 fully saturated rings. The van der Waals surface area contributed by atoms with Gasteiger partial charge in [-0.1, -0.05) is 5.92 Å². The van der Waals surface area contributed by atoms with E-state index in [1.54, 1.807) is 4.90 Å². The molecule has 0 radical (unpaired) electrons. The number of quaternary nitrogens is 1. The van der Waals surface area contributed by atoms with Crippen LogP contribution in [0.3, 0.4) is 0 Å². The molecule has 0 saturated carbocycles. The minimum Gasteiger partial charge on any atom is -0.378 e. The van der Waals surface area contributed by atoms with E-state index in [1.165, 1.54) is 13.0 Å². The van der Waals surface area contributed by atoms with Crippen molar-refractivity contribution in [1.82, 2.24) is 10.2 Å². The van der Waals surface area contributed by atoms with Crippen molar-refractivity contribution in [3.8, 4) is 12.3 Å². The number of carbonyl (C=O) groups excluding carboxylic acids is 1. The molecule has 0 aromatic heterocycles. The molecule has 2 bridgehead atoms. The van der Waals surface area contributed by atoms with E-state index >= 15 is 0 Å². The Kier molecular flexibility index (Phi) is 4.13.